The molecule has 0 saturated carbocycles. The lowest BCUT2D eigenvalue weighted by Crippen LogP contribution is -2.40. The number of carbonyl (C=O) groups excluding carboxylic acids is 1. The van der Waals surface area contributed by atoms with Crippen molar-refractivity contribution in [3.05, 3.63) is 42.9 Å². The highest BCUT2D eigenvalue weighted by molar-refractivity contribution is 6.03. The van der Waals surface area contributed by atoms with Crippen LogP contribution in [-0.2, 0) is 14.3 Å². The van der Waals surface area contributed by atoms with Gasteiger partial charge in [-0.05, 0) is 24.3 Å². The summed E-state index contributed by atoms with van der Waals surface area (Å²) < 4.78 is 27.4. The molecule has 0 atom stereocenters. The molecule has 5 rings (SSSR count). The minimum Gasteiger partial charge on any atom is -0.493 e. The lowest BCUT2D eigenvalue weighted by molar-refractivity contribution is -0.136. The number of nitrogens with zero attached hydrogens (tertiary/aromatic N) is 3. The number of fused-ring (bicyclic) bond motifs is 2. The molecule has 10 heteroatoms. The van der Waals surface area contributed by atoms with Crippen molar-refractivity contribution in [1.82, 2.24) is 19.9 Å². The van der Waals surface area contributed by atoms with Crippen molar-refractivity contribution in [3.8, 4) is 28.5 Å². The Hall–Kier alpha value is -3.73. The molecule has 3 heterocycles. The molecule has 4 aromatic rings. The third kappa shape index (κ3) is 5.11. The Balaban J connectivity index is 1.45. The summed E-state index contributed by atoms with van der Waals surface area (Å²) in [5.41, 5.74) is 3.20. The molecule has 1 fully saturated rings. The number of aromatic amines is 1. The fourth-order valence-electron chi connectivity index (χ4n) is 4.25. The molecule has 0 bridgehead atoms. The Bertz CT molecular complexity index is 1370. The molecule has 2 aromatic carbocycles. The number of aromatic nitrogens is 3. The van der Waals surface area contributed by atoms with Gasteiger partial charge in [-0.15, -0.1) is 0 Å². The zero-order valence-electron chi connectivity index (χ0n) is 20.3. The van der Waals surface area contributed by atoms with Crippen LogP contribution in [0.5, 0.6) is 17.2 Å². The maximum Gasteiger partial charge on any atom is 0.325 e. The second-order valence-electron chi connectivity index (χ2n) is 8.36. The predicted molar refractivity (Wildman–Crippen MR) is 134 cm³/mol. The Morgan fingerprint density at radius 1 is 1.06 bits per heavy atom. The number of morpholine rings is 1. The van der Waals surface area contributed by atoms with Gasteiger partial charge in [0.1, 0.15) is 18.7 Å². The minimum absolute atomic E-state index is 0.229. The van der Waals surface area contributed by atoms with Crippen LogP contribution in [0.1, 0.15) is 0 Å². The molecule has 2 aromatic heterocycles. The van der Waals surface area contributed by atoms with E-state index in [0.29, 0.717) is 43.7 Å². The summed E-state index contributed by atoms with van der Waals surface area (Å²) in [6.45, 7) is 3.79. The fraction of sp³-hybridized carbons (Fsp3) is 0.346. The van der Waals surface area contributed by atoms with Gasteiger partial charge in [0.2, 0.25) is 0 Å². The molecule has 0 unspecified atom stereocenters. The molecule has 36 heavy (non-hydrogen) atoms. The summed E-state index contributed by atoms with van der Waals surface area (Å²) in [5, 5.41) is 1.69. The molecule has 188 valence electrons. The number of rotatable bonds is 9. The molecule has 0 amide bonds. The number of esters is 1. The Kier molecular flexibility index (Phi) is 7.26. The number of nitrogens with one attached hydrogen (secondary N) is 1. The molecule has 10 nitrogen and oxygen atoms in total. The molecular weight excluding hydrogens is 464 g/mol. The van der Waals surface area contributed by atoms with Gasteiger partial charge in [-0.3, -0.25) is 9.69 Å². The average molecular weight is 493 g/mol. The van der Waals surface area contributed by atoms with Crippen LogP contribution in [0.15, 0.2) is 42.9 Å². The molecule has 1 saturated heterocycles. The van der Waals surface area contributed by atoms with Crippen molar-refractivity contribution in [2.24, 2.45) is 0 Å². The van der Waals surface area contributed by atoms with Gasteiger partial charge >= 0.3 is 5.97 Å². The van der Waals surface area contributed by atoms with E-state index < -0.39 is 0 Å². The molecule has 1 N–H and O–H groups in total. The molecule has 1 aliphatic rings. The lowest BCUT2D eigenvalue weighted by Gasteiger charge is -2.25. The maximum absolute atomic E-state index is 12.5. The summed E-state index contributed by atoms with van der Waals surface area (Å²) in [4.78, 5) is 26.8. The van der Waals surface area contributed by atoms with Crippen LogP contribution in [0, 0.1) is 0 Å². The number of ether oxygens (including phenoxy) is 5. The summed E-state index contributed by atoms with van der Waals surface area (Å²) in [7, 11) is 3.22. The van der Waals surface area contributed by atoms with Crippen molar-refractivity contribution in [2.45, 2.75) is 0 Å². The van der Waals surface area contributed by atoms with Crippen LogP contribution in [0.4, 0.5) is 0 Å². The highest BCUT2D eigenvalue weighted by atomic mass is 16.5. The van der Waals surface area contributed by atoms with Gasteiger partial charge in [0.25, 0.3) is 0 Å². The van der Waals surface area contributed by atoms with Crippen LogP contribution < -0.4 is 14.2 Å². The fourth-order valence-corrected chi connectivity index (χ4v) is 4.25. The third-order valence-corrected chi connectivity index (χ3v) is 6.06. The number of benzene rings is 2. The minimum atomic E-state index is -0.299. The van der Waals surface area contributed by atoms with E-state index in [9.17, 15) is 4.79 Å². The average Bonchev–Trinajstić information content (AvgIpc) is 3.31. The number of carbonyl (C=O) groups is 1. The van der Waals surface area contributed by atoms with Gasteiger partial charge in [-0.1, -0.05) is 0 Å². The van der Waals surface area contributed by atoms with Gasteiger partial charge < -0.3 is 28.7 Å². The molecule has 0 spiro atoms. The van der Waals surface area contributed by atoms with E-state index in [1.807, 2.05) is 35.4 Å². The van der Waals surface area contributed by atoms with Gasteiger partial charge in [-0.2, -0.15) is 0 Å². The van der Waals surface area contributed by atoms with E-state index in [0.717, 1.165) is 46.2 Å². The Morgan fingerprint density at radius 3 is 2.72 bits per heavy atom. The normalized spacial score (nSPS) is 14.3. The first-order valence-corrected chi connectivity index (χ1v) is 11.7. The predicted octanol–water partition coefficient (Wildman–Crippen LogP) is 3.05. The van der Waals surface area contributed by atoms with Gasteiger partial charge in [0, 0.05) is 54.3 Å². The smallest absolute Gasteiger partial charge is 0.325 e. The number of methoxy groups -OCH3 is 2. The van der Waals surface area contributed by atoms with Gasteiger partial charge in [0.05, 0.1) is 44.7 Å². The van der Waals surface area contributed by atoms with Gasteiger partial charge in [-0.25, -0.2) is 9.97 Å². The molecule has 1 aliphatic heterocycles. The second kappa shape index (κ2) is 10.9. The van der Waals surface area contributed by atoms with E-state index in [1.165, 1.54) is 6.33 Å². The summed E-state index contributed by atoms with van der Waals surface area (Å²) in [6.07, 6.45) is 3.41. The SMILES string of the molecule is COCCOc1cc2ncnc(-c3c[nH]c4ccc(OC(=O)CN5CCOCC5)cc34)c2cc1OC. The van der Waals surface area contributed by atoms with E-state index >= 15 is 0 Å². The first-order valence-electron chi connectivity index (χ1n) is 11.7. The summed E-state index contributed by atoms with van der Waals surface area (Å²) >= 11 is 0. The molecular formula is C26H28N4O6. The third-order valence-electron chi connectivity index (χ3n) is 6.06. The Morgan fingerprint density at radius 2 is 1.92 bits per heavy atom. The second-order valence-corrected chi connectivity index (χ2v) is 8.36. The molecule has 0 aliphatic carbocycles. The maximum atomic E-state index is 12.5. The van der Waals surface area contributed by atoms with E-state index in [1.54, 1.807) is 20.3 Å². The van der Waals surface area contributed by atoms with Crippen LogP contribution >= 0.6 is 0 Å². The molecule has 0 radical (unpaired) electrons. The lowest BCUT2D eigenvalue weighted by atomic mass is 10.0. The van der Waals surface area contributed by atoms with E-state index in [2.05, 4.69) is 15.0 Å². The first kappa shape index (κ1) is 24.0. The largest absolute Gasteiger partial charge is 0.493 e. The van der Waals surface area contributed by atoms with E-state index in [4.69, 9.17) is 23.7 Å². The zero-order valence-corrected chi connectivity index (χ0v) is 20.3. The van der Waals surface area contributed by atoms with Crippen LogP contribution in [-0.4, -0.2) is 86.1 Å². The number of hydrogen-bond acceptors (Lipinski definition) is 9. The van der Waals surface area contributed by atoms with Crippen molar-refractivity contribution < 1.29 is 28.5 Å². The highest BCUT2D eigenvalue weighted by Gasteiger charge is 2.18. The first-order chi connectivity index (χ1) is 17.7. The van der Waals surface area contributed by atoms with Crippen molar-refractivity contribution >= 4 is 27.8 Å². The monoisotopic (exact) mass is 492 g/mol. The van der Waals surface area contributed by atoms with Crippen molar-refractivity contribution in [1.29, 1.82) is 0 Å². The standard InChI is InChI=1S/C26H28N4O6/c1-32-9-10-35-24-13-22-19(12-23(24)33-2)26(29-16-28-22)20-14-27-21-4-3-17(11-18(20)21)36-25(31)15-30-5-7-34-8-6-30/h3-4,11-14,16,27H,5-10,15H2,1-2H3. The quantitative estimate of drug-likeness (QED) is 0.214. The van der Waals surface area contributed by atoms with Crippen LogP contribution in [0.3, 0.4) is 0 Å². The summed E-state index contributed by atoms with van der Waals surface area (Å²) in [6, 6.07) is 9.23. The van der Waals surface area contributed by atoms with Crippen LogP contribution in [0.2, 0.25) is 0 Å². The van der Waals surface area contributed by atoms with Gasteiger partial charge in [0.15, 0.2) is 11.5 Å². The zero-order chi connectivity index (χ0) is 24.9. The number of H-pyrrole nitrogens is 1. The van der Waals surface area contributed by atoms with Crippen molar-refractivity contribution in [2.75, 3.05) is 60.3 Å². The van der Waals surface area contributed by atoms with Crippen LogP contribution in [0.25, 0.3) is 33.1 Å². The summed E-state index contributed by atoms with van der Waals surface area (Å²) in [5.74, 6) is 1.34. The highest BCUT2D eigenvalue weighted by Crippen LogP contribution is 2.38. The number of hydrogen-bond donors (Lipinski definition) is 1. The topological polar surface area (TPSA) is 108 Å². The Labute approximate surface area is 208 Å². The van der Waals surface area contributed by atoms with Crippen molar-refractivity contribution in [3.63, 3.8) is 0 Å². The van der Waals surface area contributed by atoms with E-state index in [-0.39, 0.29) is 12.5 Å².